The van der Waals surface area contributed by atoms with Gasteiger partial charge in [0.2, 0.25) is 5.43 Å². The van der Waals surface area contributed by atoms with Gasteiger partial charge in [-0.15, -0.1) is 10.2 Å². The molecule has 3 atom stereocenters. The van der Waals surface area contributed by atoms with Gasteiger partial charge >= 0.3 is 0 Å². The lowest BCUT2D eigenvalue weighted by molar-refractivity contribution is 0.0770. The third kappa shape index (κ3) is 3.29. The summed E-state index contributed by atoms with van der Waals surface area (Å²) in [6, 6.07) is 3.30. The highest BCUT2D eigenvalue weighted by Gasteiger charge is 2.52. The lowest BCUT2D eigenvalue weighted by Crippen LogP contribution is -2.69. The Balaban J connectivity index is 1.55. The second kappa shape index (κ2) is 7.86. The molecule has 1 aliphatic heterocycles. The van der Waals surface area contributed by atoms with Crippen LogP contribution in [0.4, 0.5) is 8.78 Å². The minimum absolute atomic E-state index is 0.0723. The molecule has 3 aromatic rings. The Kier molecular flexibility index (Phi) is 5.19. The van der Waals surface area contributed by atoms with Crippen LogP contribution in [0.1, 0.15) is 47.7 Å². The van der Waals surface area contributed by atoms with E-state index in [0.717, 1.165) is 36.3 Å². The van der Waals surface area contributed by atoms with Crippen LogP contribution in [-0.2, 0) is 6.42 Å². The third-order valence-corrected chi connectivity index (χ3v) is 8.21. The van der Waals surface area contributed by atoms with E-state index in [-0.39, 0.29) is 34.2 Å². The van der Waals surface area contributed by atoms with Gasteiger partial charge in [-0.25, -0.2) is 8.78 Å². The molecular weight excluding hydrogens is 464 g/mol. The molecule has 1 aliphatic carbocycles. The number of rotatable bonds is 3. The largest absolute Gasteiger partial charge is 0.502 e. The van der Waals surface area contributed by atoms with Crippen molar-refractivity contribution in [3.8, 4) is 16.3 Å². The lowest BCUT2D eigenvalue weighted by atomic mass is 9.91. The van der Waals surface area contributed by atoms with Crippen LogP contribution < -0.4 is 15.8 Å². The standard InChI is InChI=1S/C23H23F2N5O3S/c1-11-6-7-23(12(11)2)26-21(33)18-20(32)19(31)15(10-30(18)29(23)3)22-28-27-17(34-22)8-13-4-5-14(24)9-16(13)25/h4-5,9-12,32H,6-8H2,1-3H3,(H,26,33)/t11-,12-,23?/m0/s1. The Morgan fingerprint density at radius 2 is 2.03 bits per heavy atom. The zero-order chi connectivity index (χ0) is 24.4. The van der Waals surface area contributed by atoms with Crippen LogP contribution in [-0.4, -0.2) is 38.6 Å². The fourth-order valence-corrected chi connectivity index (χ4v) is 5.88. The SMILES string of the molecule is C[C@H]1CCC2(NC(=O)c3c(O)c(=O)c(-c4nnc(Cc5ccc(F)cc5F)s4)cn3N2C)[C@H]1C. The molecule has 1 spiro atoms. The van der Waals surface area contributed by atoms with E-state index in [9.17, 15) is 23.5 Å². The van der Waals surface area contributed by atoms with Gasteiger partial charge in [0.15, 0.2) is 16.5 Å². The molecule has 0 radical (unpaired) electrons. The van der Waals surface area contributed by atoms with Crippen LogP contribution in [0, 0.1) is 23.5 Å². The van der Waals surface area contributed by atoms with Crippen LogP contribution in [0.2, 0.25) is 0 Å². The molecule has 1 saturated carbocycles. The summed E-state index contributed by atoms with van der Waals surface area (Å²) in [6.07, 6.45) is 3.23. The van der Waals surface area contributed by atoms with Crippen LogP contribution >= 0.6 is 11.3 Å². The number of carbonyl (C=O) groups is 1. The van der Waals surface area contributed by atoms with Gasteiger partial charge in [-0.2, -0.15) is 0 Å². The van der Waals surface area contributed by atoms with Crippen LogP contribution in [0.15, 0.2) is 29.2 Å². The highest BCUT2D eigenvalue weighted by atomic mass is 32.1. The predicted octanol–water partition coefficient (Wildman–Crippen LogP) is 3.01. The molecule has 1 aromatic carbocycles. The van der Waals surface area contributed by atoms with Gasteiger partial charge in [0.25, 0.3) is 5.91 Å². The number of pyridine rings is 1. The van der Waals surface area contributed by atoms with Crippen molar-refractivity contribution in [1.82, 2.24) is 20.2 Å². The maximum absolute atomic E-state index is 14.0. The van der Waals surface area contributed by atoms with Gasteiger partial charge in [0.05, 0.1) is 5.56 Å². The summed E-state index contributed by atoms with van der Waals surface area (Å²) in [4.78, 5) is 25.9. The Bertz CT molecular complexity index is 1370. The molecule has 34 heavy (non-hydrogen) atoms. The minimum atomic E-state index is -0.741. The number of nitrogens with zero attached hydrogens (tertiary/aromatic N) is 4. The molecule has 0 saturated heterocycles. The molecule has 1 fully saturated rings. The first-order valence-corrected chi connectivity index (χ1v) is 11.8. The monoisotopic (exact) mass is 487 g/mol. The van der Waals surface area contributed by atoms with Crippen molar-refractivity contribution in [1.29, 1.82) is 0 Å². The number of carbonyl (C=O) groups excluding carboxylic acids is 1. The first-order valence-electron chi connectivity index (χ1n) is 10.9. The van der Waals surface area contributed by atoms with Crippen LogP contribution in [0.5, 0.6) is 5.75 Å². The van der Waals surface area contributed by atoms with Gasteiger partial charge < -0.3 is 10.4 Å². The number of benzene rings is 1. The molecule has 11 heteroatoms. The Morgan fingerprint density at radius 1 is 1.26 bits per heavy atom. The maximum atomic E-state index is 14.0. The topological polar surface area (TPSA) is 100 Å². The molecule has 178 valence electrons. The molecule has 1 amide bonds. The average molecular weight is 488 g/mol. The normalized spacial score (nSPS) is 23.9. The summed E-state index contributed by atoms with van der Waals surface area (Å²) in [7, 11) is 1.81. The molecule has 0 bridgehead atoms. The molecule has 2 aromatic heterocycles. The second-order valence-corrected chi connectivity index (χ2v) is 10.1. The van der Waals surface area contributed by atoms with E-state index in [1.54, 1.807) is 0 Å². The van der Waals surface area contributed by atoms with E-state index < -0.39 is 34.4 Å². The quantitative estimate of drug-likeness (QED) is 0.589. The summed E-state index contributed by atoms with van der Waals surface area (Å²) in [5, 5.41) is 24.3. The first kappa shape index (κ1) is 22.5. The smallest absolute Gasteiger partial charge is 0.275 e. The minimum Gasteiger partial charge on any atom is -0.502 e. The summed E-state index contributed by atoms with van der Waals surface area (Å²) in [5.74, 6) is -2.02. The molecule has 2 aliphatic rings. The van der Waals surface area contributed by atoms with E-state index in [4.69, 9.17) is 0 Å². The molecule has 3 heterocycles. The van der Waals surface area contributed by atoms with Crippen molar-refractivity contribution in [2.24, 2.45) is 11.8 Å². The summed E-state index contributed by atoms with van der Waals surface area (Å²) < 4.78 is 28.7. The summed E-state index contributed by atoms with van der Waals surface area (Å²) in [6.45, 7) is 4.21. The molecule has 1 unspecified atom stereocenters. The third-order valence-electron chi connectivity index (χ3n) is 7.25. The van der Waals surface area contributed by atoms with Gasteiger partial charge in [-0.1, -0.05) is 31.3 Å². The van der Waals surface area contributed by atoms with E-state index >= 15 is 0 Å². The number of aromatic nitrogens is 3. The number of hydrogen-bond donors (Lipinski definition) is 2. The second-order valence-electron chi connectivity index (χ2n) is 9.03. The van der Waals surface area contributed by atoms with E-state index in [2.05, 4.69) is 29.4 Å². The van der Waals surface area contributed by atoms with Gasteiger partial charge in [-0.05, 0) is 30.4 Å². The van der Waals surface area contributed by atoms with Crippen molar-refractivity contribution >= 4 is 17.2 Å². The molecule has 8 nitrogen and oxygen atoms in total. The highest BCUT2D eigenvalue weighted by molar-refractivity contribution is 7.14. The van der Waals surface area contributed by atoms with Crippen molar-refractivity contribution in [2.75, 3.05) is 12.1 Å². The van der Waals surface area contributed by atoms with Gasteiger partial charge in [-0.3, -0.25) is 19.3 Å². The van der Waals surface area contributed by atoms with Gasteiger partial charge in [0, 0.05) is 31.6 Å². The van der Waals surface area contributed by atoms with Crippen molar-refractivity contribution < 1.29 is 18.7 Å². The fraction of sp³-hybridized carbons (Fsp3) is 0.391. The summed E-state index contributed by atoms with van der Waals surface area (Å²) in [5.41, 5.74) is -1.19. The predicted molar refractivity (Wildman–Crippen MR) is 122 cm³/mol. The fourth-order valence-electron chi connectivity index (χ4n) is 5.01. The number of halogens is 2. The zero-order valence-electron chi connectivity index (χ0n) is 18.8. The van der Waals surface area contributed by atoms with Crippen molar-refractivity contribution in [3.05, 3.63) is 62.5 Å². The lowest BCUT2D eigenvalue weighted by Gasteiger charge is -2.49. The molecule has 2 N–H and O–H groups in total. The average Bonchev–Trinajstić information content (AvgIpc) is 3.36. The molecular formula is C23H23F2N5O3S. The molecule has 5 rings (SSSR count). The number of nitrogens with one attached hydrogen (secondary N) is 1. The maximum Gasteiger partial charge on any atom is 0.275 e. The Morgan fingerprint density at radius 3 is 2.71 bits per heavy atom. The number of amides is 1. The Labute approximate surface area is 197 Å². The van der Waals surface area contributed by atoms with E-state index in [1.807, 2.05) is 12.1 Å². The first-order chi connectivity index (χ1) is 16.1. The van der Waals surface area contributed by atoms with Crippen molar-refractivity contribution in [2.45, 2.75) is 38.8 Å². The van der Waals surface area contributed by atoms with E-state index in [1.165, 1.54) is 16.9 Å². The van der Waals surface area contributed by atoms with Crippen LogP contribution in [0.3, 0.4) is 0 Å². The van der Waals surface area contributed by atoms with Crippen LogP contribution in [0.25, 0.3) is 10.6 Å². The van der Waals surface area contributed by atoms with E-state index in [0.29, 0.717) is 10.9 Å². The van der Waals surface area contributed by atoms with Gasteiger partial charge in [0.1, 0.15) is 22.3 Å². The Hall–Kier alpha value is -3.34. The number of hydrogen-bond acceptors (Lipinski definition) is 7. The van der Waals surface area contributed by atoms with Crippen molar-refractivity contribution in [3.63, 3.8) is 0 Å². The highest BCUT2D eigenvalue weighted by Crippen LogP contribution is 2.43. The zero-order valence-corrected chi connectivity index (χ0v) is 19.6. The number of aromatic hydroxyl groups is 1. The number of fused-ring (bicyclic) bond motifs is 1. The summed E-state index contributed by atoms with van der Waals surface area (Å²) >= 11 is 1.07.